The Bertz CT molecular complexity index is 612. The van der Waals surface area contributed by atoms with Crippen molar-refractivity contribution in [2.75, 3.05) is 19.0 Å². The van der Waals surface area contributed by atoms with Crippen LogP contribution in [0, 0.1) is 5.82 Å². The molecule has 0 saturated heterocycles. The average Bonchev–Trinajstić information content (AvgIpc) is 2.43. The number of benzene rings is 1. The molecule has 6 nitrogen and oxygen atoms in total. The number of nitrogens with one attached hydrogen (secondary N) is 1. The van der Waals surface area contributed by atoms with E-state index in [1.807, 2.05) is 6.92 Å². The van der Waals surface area contributed by atoms with E-state index >= 15 is 0 Å². The Balaban J connectivity index is 2.27. The zero-order valence-corrected chi connectivity index (χ0v) is 12.4. The van der Waals surface area contributed by atoms with Gasteiger partial charge in [-0.25, -0.2) is 4.39 Å². The van der Waals surface area contributed by atoms with Crippen molar-refractivity contribution in [1.29, 1.82) is 0 Å². The molecule has 0 unspecified atom stereocenters. The molecule has 0 amide bonds. The second-order valence-electron chi connectivity index (χ2n) is 3.59. The van der Waals surface area contributed by atoms with Gasteiger partial charge < -0.3 is 14.8 Å². The molecule has 2 aromatic rings. The van der Waals surface area contributed by atoms with Crippen molar-refractivity contribution in [3.8, 4) is 17.8 Å². The number of rotatable bonds is 5. The quantitative estimate of drug-likeness (QED) is 0.900. The van der Waals surface area contributed by atoms with Gasteiger partial charge in [0, 0.05) is 13.1 Å². The third kappa shape index (κ3) is 3.53. The van der Waals surface area contributed by atoms with Gasteiger partial charge in [-0.15, -0.1) is 4.98 Å². The summed E-state index contributed by atoms with van der Waals surface area (Å²) in [6, 6.07) is 4.52. The number of aromatic nitrogens is 3. The minimum atomic E-state index is -0.435. The van der Waals surface area contributed by atoms with Crippen LogP contribution >= 0.6 is 15.9 Å². The molecular weight excluding hydrogens is 331 g/mol. The van der Waals surface area contributed by atoms with Gasteiger partial charge in [0.05, 0.1) is 11.1 Å². The van der Waals surface area contributed by atoms with Crippen LogP contribution < -0.4 is 14.8 Å². The highest BCUT2D eigenvalue weighted by Crippen LogP contribution is 2.25. The van der Waals surface area contributed by atoms with Gasteiger partial charge in [0.25, 0.3) is 0 Å². The molecule has 1 aromatic carbocycles. The molecule has 20 heavy (non-hydrogen) atoms. The molecule has 1 N–H and O–H groups in total. The van der Waals surface area contributed by atoms with Crippen molar-refractivity contribution in [3.05, 3.63) is 28.5 Å². The maximum Gasteiger partial charge on any atom is 0.330 e. The van der Waals surface area contributed by atoms with Crippen molar-refractivity contribution in [2.45, 2.75) is 6.92 Å². The predicted molar refractivity (Wildman–Crippen MR) is 74.7 cm³/mol. The van der Waals surface area contributed by atoms with Crippen LogP contribution in [0.5, 0.6) is 17.8 Å². The van der Waals surface area contributed by atoms with Crippen LogP contribution in [0.3, 0.4) is 0 Å². The van der Waals surface area contributed by atoms with Gasteiger partial charge in [-0.3, -0.25) is 0 Å². The van der Waals surface area contributed by atoms with Gasteiger partial charge >= 0.3 is 12.0 Å². The highest BCUT2D eigenvalue weighted by atomic mass is 79.9. The standard InChI is InChI=1S/C12H12BrFN4O2/c1-3-19-11-16-10(15-2)17-12(18-11)20-7-4-5-8(13)9(14)6-7/h4-6H,3H2,1-2H3,(H,15,16,17,18). The fraction of sp³-hybridized carbons (Fsp3) is 0.250. The molecule has 0 atom stereocenters. The Morgan fingerprint density at radius 2 is 2.00 bits per heavy atom. The average molecular weight is 343 g/mol. The maximum atomic E-state index is 13.4. The summed E-state index contributed by atoms with van der Waals surface area (Å²) < 4.78 is 24.4. The lowest BCUT2D eigenvalue weighted by Gasteiger charge is -2.08. The van der Waals surface area contributed by atoms with Gasteiger partial charge in [-0.1, -0.05) is 0 Å². The summed E-state index contributed by atoms with van der Waals surface area (Å²) in [7, 11) is 1.66. The molecule has 106 valence electrons. The molecule has 8 heteroatoms. The molecule has 2 rings (SSSR count). The fourth-order valence-corrected chi connectivity index (χ4v) is 1.58. The summed E-state index contributed by atoms with van der Waals surface area (Å²) in [5.74, 6) is 0.146. The molecule has 0 aliphatic carbocycles. The van der Waals surface area contributed by atoms with E-state index in [2.05, 4.69) is 36.2 Å². The van der Waals surface area contributed by atoms with Crippen LogP contribution in [0.15, 0.2) is 22.7 Å². The molecule has 0 bridgehead atoms. The number of hydrogen-bond donors (Lipinski definition) is 1. The first-order chi connectivity index (χ1) is 9.62. The van der Waals surface area contributed by atoms with Gasteiger partial charge in [-0.05, 0) is 35.0 Å². The van der Waals surface area contributed by atoms with Gasteiger partial charge in [0.1, 0.15) is 11.6 Å². The predicted octanol–water partition coefficient (Wildman–Crippen LogP) is 3.01. The smallest absolute Gasteiger partial charge is 0.330 e. The van der Waals surface area contributed by atoms with Gasteiger partial charge in [0.2, 0.25) is 5.95 Å². The number of halogens is 2. The Kier molecular flexibility index (Phi) is 4.67. The normalized spacial score (nSPS) is 10.2. The first-order valence-electron chi connectivity index (χ1n) is 5.82. The van der Waals surface area contributed by atoms with E-state index in [1.54, 1.807) is 13.1 Å². The summed E-state index contributed by atoms with van der Waals surface area (Å²) >= 11 is 3.07. The highest BCUT2D eigenvalue weighted by molar-refractivity contribution is 9.10. The van der Waals surface area contributed by atoms with E-state index in [1.165, 1.54) is 12.1 Å². The molecular formula is C12H12BrFN4O2. The molecule has 0 radical (unpaired) electrons. The van der Waals surface area contributed by atoms with Crippen molar-refractivity contribution >= 4 is 21.9 Å². The van der Waals surface area contributed by atoms with E-state index in [0.717, 1.165) is 0 Å². The van der Waals surface area contributed by atoms with Gasteiger partial charge in [-0.2, -0.15) is 9.97 Å². The topological polar surface area (TPSA) is 69.2 Å². The van der Waals surface area contributed by atoms with Crippen LogP contribution in [0.1, 0.15) is 6.92 Å². The Morgan fingerprint density at radius 1 is 1.25 bits per heavy atom. The van der Waals surface area contributed by atoms with Crippen molar-refractivity contribution < 1.29 is 13.9 Å². The monoisotopic (exact) mass is 342 g/mol. The van der Waals surface area contributed by atoms with E-state index < -0.39 is 5.82 Å². The van der Waals surface area contributed by atoms with Crippen LogP contribution in [0.2, 0.25) is 0 Å². The van der Waals surface area contributed by atoms with Crippen LogP contribution in [0.4, 0.5) is 10.3 Å². The summed E-state index contributed by atoms with van der Waals surface area (Å²) in [6.07, 6.45) is 0. The third-order valence-electron chi connectivity index (χ3n) is 2.19. The number of hydrogen-bond acceptors (Lipinski definition) is 6. The van der Waals surface area contributed by atoms with Crippen molar-refractivity contribution in [3.63, 3.8) is 0 Å². The van der Waals surface area contributed by atoms with Crippen LogP contribution in [-0.2, 0) is 0 Å². The molecule has 0 aliphatic rings. The molecule has 0 spiro atoms. The lowest BCUT2D eigenvalue weighted by Crippen LogP contribution is -2.05. The molecule has 0 saturated carbocycles. The highest BCUT2D eigenvalue weighted by Gasteiger charge is 2.09. The zero-order valence-electron chi connectivity index (χ0n) is 10.9. The van der Waals surface area contributed by atoms with Crippen LogP contribution in [-0.4, -0.2) is 28.6 Å². The Hall–Kier alpha value is -1.96. The Labute approximate surface area is 123 Å². The second kappa shape index (κ2) is 6.47. The molecule has 0 aliphatic heterocycles. The van der Waals surface area contributed by atoms with E-state index in [9.17, 15) is 4.39 Å². The van der Waals surface area contributed by atoms with E-state index in [4.69, 9.17) is 9.47 Å². The first kappa shape index (κ1) is 14.4. The summed E-state index contributed by atoms with van der Waals surface area (Å²) in [5, 5.41) is 2.77. The van der Waals surface area contributed by atoms with E-state index in [-0.39, 0.29) is 17.8 Å². The number of anilines is 1. The molecule has 1 heterocycles. The van der Waals surface area contributed by atoms with Crippen molar-refractivity contribution in [1.82, 2.24) is 15.0 Å². The lowest BCUT2D eigenvalue weighted by atomic mass is 10.3. The van der Waals surface area contributed by atoms with E-state index in [0.29, 0.717) is 17.0 Å². The first-order valence-corrected chi connectivity index (χ1v) is 6.61. The van der Waals surface area contributed by atoms with Crippen LogP contribution in [0.25, 0.3) is 0 Å². The molecule has 1 aromatic heterocycles. The number of nitrogens with zero attached hydrogens (tertiary/aromatic N) is 3. The SMILES string of the molecule is CCOc1nc(NC)nc(Oc2ccc(Br)c(F)c2)n1. The number of ether oxygens (including phenoxy) is 2. The second-order valence-corrected chi connectivity index (χ2v) is 4.44. The summed E-state index contributed by atoms with van der Waals surface area (Å²) in [4.78, 5) is 12.0. The summed E-state index contributed by atoms with van der Waals surface area (Å²) in [5.41, 5.74) is 0. The Morgan fingerprint density at radius 3 is 2.65 bits per heavy atom. The fourth-order valence-electron chi connectivity index (χ4n) is 1.33. The zero-order chi connectivity index (χ0) is 14.5. The summed E-state index contributed by atoms with van der Waals surface area (Å²) in [6.45, 7) is 2.23. The van der Waals surface area contributed by atoms with Crippen molar-refractivity contribution in [2.24, 2.45) is 0 Å². The molecule has 0 fully saturated rings. The largest absolute Gasteiger partial charge is 0.464 e. The lowest BCUT2D eigenvalue weighted by molar-refractivity contribution is 0.304. The minimum absolute atomic E-state index is 0.0227. The minimum Gasteiger partial charge on any atom is -0.464 e. The van der Waals surface area contributed by atoms with Gasteiger partial charge in [0.15, 0.2) is 0 Å². The third-order valence-corrected chi connectivity index (χ3v) is 2.83. The maximum absolute atomic E-state index is 13.4.